The predicted octanol–water partition coefficient (Wildman–Crippen LogP) is 2.24. The van der Waals surface area contributed by atoms with Crippen molar-refractivity contribution >= 4 is 12.1 Å². The highest BCUT2D eigenvalue weighted by Crippen LogP contribution is 2.32. The summed E-state index contributed by atoms with van der Waals surface area (Å²) >= 11 is 0. The molecule has 2 fully saturated rings. The van der Waals surface area contributed by atoms with Crippen LogP contribution in [0.1, 0.15) is 49.8 Å². The highest BCUT2D eigenvalue weighted by Gasteiger charge is 2.45. The molecule has 1 aromatic rings. The van der Waals surface area contributed by atoms with Gasteiger partial charge >= 0.3 is 6.16 Å². The number of hydrogen-bond donors (Lipinski definition) is 0. The molecule has 3 rings (SSSR count). The number of aryl methyl sites for hydroxylation is 1. The van der Waals surface area contributed by atoms with Crippen molar-refractivity contribution in [2.45, 2.75) is 52.2 Å². The number of rotatable bonds is 4. The van der Waals surface area contributed by atoms with E-state index in [1.165, 1.54) is 0 Å². The van der Waals surface area contributed by atoms with Gasteiger partial charge in [-0.3, -0.25) is 9.48 Å². The van der Waals surface area contributed by atoms with E-state index >= 15 is 0 Å². The zero-order valence-electron chi connectivity index (χ0n) is 14.6. The summed E-state index contributed by atoms with van der Waals surface area (Å²) in [4.78, 5) is 25.9. The standard InChI is InChI=1S/C17H25N3O4/c1-4-20-14(10-13(18-20)9-12(2)3)15(21)19-7-5-17(6-8-19)11-23-16(22)24-17/h10,12H,4-9,11H2,1-3H3. The highest BCUT2D eigenvalue weighted by molar-refractivity contribution is 5.92. The van der Waals surface area contributed by atoms with Crippen molar-refractivity contribution in [3.8, 4) is 0 Å². The number of aromatic nitrogens is 2. The number of piperidine rings is 1. The molecule has 0 saturated carbocycles. The zero-order chi connectivity index (χ0) is 17.3. The molecule has 1 amide bonds. The van der Waals surface area contributed by atoms with Crippen molar-refractivity contribution < 1.29 is 19.1 Å². The van der Waals surface area contributed by atoms with E-state index in [2.05, 4.69) is 18.9 Å². The fourth-order valence-corrected chi connectivity index (χ4v) is 3.35. The number of cyclic esters (lactones) is 1. The molecule has 2 saturated heterocycles. The van der Waals surface area contributed by atoms with Gasteiger partial charge in [0.15, 0.2) is 5.60 Å². The second-order valence-corrected chi connectivity index (χ2v) is 7.05. The van der Waals surface area contributed by atoms with Gasteiger partial charge in [-0.1, -0.05) is 13.8 Å². The van der Waals surface area contributed by atoms with Crippen LogP contribution in [0.4, 0.5) is 4.79 Å². The van der Waals surface area contributed by atoms with Gasteiger partial charge in [0, 0.05) is 32.5 Å². The Bertz CT molecular complexity index is 630. The van der Waals surface area contributed by atoms with Crippen molar-refractivity contribution in [3.63, 3.8) is 0 Å². The first kappa shape index (κ1) is 16.8. The molecule has 7 heteroatoms. The second-order valence-electron chi connectivity index (χ2n) is 7.05. The molecule has 0 bridgehead atoms. The van der Waals surface area contributed by atoms with Crippen molar-refractivity contribution in [3.05, 3.63) is 17.5 Å². The van der Waals surface area contributed by atoms with Crippen LogP contribution in [-0.4, -0.2) is 52.0 Å². The molecule has 0 N–H and O–H groups in total. The minimum atomic E-state index is -0.600. The van der Waals surface area contributed by atoms with Crippen LogP contribution in [-0.2, 0) is 22.4 Å². The summed E-state index contributed by atoms with van der Waals surface area (Å²) in [5.74, 6) is 0.500. The first-order valence-corrected chi connectivity index (χ1v) is 8.64. The van der Waals surface area contributed by atoms with Crippen LogP contribution < -0.4 is 0 Å². The van der Waals surface area contributed by atoms with Crippen LogP contribution in [0.5, 0.6) is 0 Å². The fraction of sp³-hybridized carbons (Fsp3) is 0.706. The Balaban J connectivity index is 1.69. The molecule has 24 heavy (non-hydrogen) atoms. The first-order valence-electron chi connectivity index (χ1n) is 8.64. The smallest absolute Gasteiger partial charge is 0.430 e. The molecular formula is C17H25N3O4. The first-order chi connectivity index (χ1) is 11.4. The van der Waals surface area contributed by atoms with Crippen LogP contribution in [0.2, 0.25) is 0 Å². The lowest BCUT2D eigenvalue weighted by atomic mass is 9.92. The summed E-state index contributed by atoms with van der Waals surface area (Å²) in [5.41, 5.74) is 1.06. The summed E-state index contributed by atoms with van der Waals surface area (Å²) in [5, 5.41) is 4.55. The average molecular weight is 335 g/mol. The number of ether oxygens (including phenoxy) is 2. The van der Waals surface area contributed by atoms with Gasteiger partial charge in [-0.05, 0) is 25.3 Å². The second kappa shape index (κ2) is 6.45. The van der Waals surface area contributed by atoms with E-state index in [0.717, 1.165) is 12.1 Å². The SMILES string of the molecule is CCn1nc(CC(C)C)cc1C(=O)N1CCC2(CC1)COC(=O)O2. The number of carbonyl (C=O) groups is 2. The van der Waals surface area contributed by atoms with E-state index in [1.807, 2.05) is 17.9 Å². The summed E-state index contributed by atoms with van der Waals surface area (Å²) in [6.45, 7) is 8.35. The molecule has 7 nitrogen and oxygen atoms in total. The molecule has 0 atom stereocenters. The van der Waals surface area contributed by atoms with E-state index in [9.17, 15) is 9.59 Å². The van der Waals surface area contributed by atoms with Crippen LogP contribution in [0.3, 0.4) is 0 Å². The summed E-state index contributed by atoms with van der Waals surface area (Å²) in [6, 6.07) is 1.91. The van der Waals surface area contributed by atoms with E-state index in [4.69, 9.17) is 9.47 Å². The van der Waals surface area contributed by atoms with Gasteiger partial charge in [0.2, 0.25) is 0 Å². The van der Waals surface area contributed by atoms with Gasteiger partial charge in [-0.25, -0.2) is 4.79 Å². The molecule has 3 heterocycles. The Kier molecular flexibility index (Phi) is 4.51. The van der Waals surface area contributed by atoms with E-state index in [0.29, 0.717) is 50.7 Å². The molecule has 0 aliphatic carbocycles. The monoisotopic (exact) mass is 335 g/mol. The molecule has 132 valence electrons. The largest absolute Gasteiger partial charge is 0.509 e. The summed E-state index contributed by atoms with van der Waals surface area (Å²) in [7, 11) is 0. The third-order valence-corrected chi connectivity index (χ3v) is 4.68. The Morgan fingerprint density at radius 1 is 1.38 bits per heavy atom. The van der Waals surface area contributed by atoms with Crippen LogP contribution in [0.25, 0.3) is 0 Å². The summed E-state index contributed by atoms with van der Waals surface area (Å²) in [6.07, 6.45) is 1.49. The lowest BCUT2D eigenvalue weighted by molar-refractivity contribution is 0.00248. The Labute approximate surface area is 141 Å². The van der Waals surface area contributed by atoms with Gasteiger partial charge in [0.25, 0.3) is 5.91 Å². The van der Waals surface area contributed by atoms with Crippen molar-refractivity contribution in [2.24, 2.45) is 5.92 Å². The van der Waals surface area contributed by atoms with Gasteiger partial charge < -0.3 is 14.4 Å². The number of hydrogen-bond acceptors (Lipinski definition) is 5. The van der Waals surface area contributed by atoms with Crippen LogP contribution >= 0.6 is 0 Å². The Morgan fingerprint density at radius 2 is 2.08 bits per heavy atom. The lowest BCUT2D eigenvalue weighted by Crippen LogP contribution is -2.48. The third-order valence-electron chi connectivity index (χ3n) is 4.68. The Morgan fingerprint density at radius 3 is 2.62 bits per heavy atom. The fourth-order valence-electron chi connectivity index (χ4n) is 3.35. The maximum absolute atomic E-state index is 12.9. The predicted molar refractivity (Wildman–Crippen MR) is 86.7 cm³/mol. The normalized spacial score (nSPS) is 19.7. The molecule has 2 aliphatic heterocycles. The summed E-state index contributed by atoms with van der Waals surface area (Å²) < 4.78 is 12.0. The maximum Gasteiger partial charge on any atom is 0.509 e. The maximum atomic E-state index is 12.9. The molecular weight excluding hydrogens is 310 g/mol. The number of nitrogens with zero attached hydrogens (tertiary/aromatic N) is 3. The van der Waals surface area contributed by atoms with Crippen LogP contribution in [0, 0.1) is 5.92 Å². The minimum absolute atomic E-state index is 0.000511. The minimum Gasteiger partial charge on any atom is -0.430 e. The van der Waals surface area contributed by atoms with Crippen LogP contribution in [0.15, 0.2) is 6.07 Å². The Hall–Kier alpha value is -2.05. The zero-order valence-corrected chi connectivity index (χ0v) is 14.6. The van der Waals surface area contributed by atoms with Gasteiger partial charge in [-0.15, -0.1) is 0 Å². The molecule has 0 aromatic carbocycles. The van der Waals surface area contributed by atoms with Crippen molar-refractivity contribution in [1.29, 1.82) is 0 Å². The lowest BCUT2D eigenvalue weighted by Gasteiger charge is -2.36. The molecule has 2 aliphatic rings. The molecule has 0 unspecified atom stereocenters. The average Bonchev–Trinajstić information content (AvgIpc) is 3.11. The van der Waals surface area contributed by atoms with E-state index < -0.39 is 11.8 Å². The number of carbonyl (C=O) groups excluding carboxylic acids is 2. The molecule has 1 aromatic heterocycles. The molecule has 0 radical (unpaired) electrons. The van der Waals surface area contributed by atoms with Gasteiger partial charge in [-0.2, -0.15) is 5.10 Å². The van der Waals surface area contributed by atoms with Crippen molar-refractivity contribution in [1.82, 2.24) is 14.7 Å². The van der Waals surface area contributed by atoms with Crippen molar-refractivity contribution in [2.75, 3.05) is 19.7 Å². The van der Waals surface area contributed by atoms with E-state index in [1.54, 1.807) is 4.68 Å². The number of amides is 1. The third kappa shape index (κ3) is 3.25. The quantitative estimate of drug-likeness (QED) is 0.789. The van der Waals surface area contributed by atoms with E-state index in [-0.39, 0.29) is 5.91 Å². The van der Waals surface area contributed by atoms with Gasteiger partial charge in [0.1, 0.15) is 12.3 Å². The van der Waals surface area contributed by atoms with Gasteiger partial charge in [0.05, 0.1) is 5.69 Å². The topological polar surface area (TPSA) is 73.7 Å². The highest BCUT2D eigenvalue weighted by atomic mass is 16.8. The molecule has 1 spiro atoms. The number of likely N-dealkylation sites (tertiary alicyclic amines) is 1.